The molecule has 1 aromatic carbocycles. The van der Waals surface area contributed by atoms with Gasteiger partial charge in [-0.3, -0.25) is 4.79 Å². The summed E-state index contributed by atoms with van der Waals surface area (Å²) in [5.74, 6) is 0.926. The zero-order valence-electron chi connectivity index (χ0n) is 11.4. The van der Waals surface area contributed by atoms with E-state index in [1.54, 1.807) is 13.2 Å². The van der Waals surface area contributed by atoms with Crippen molar-refractivity contribution in [2.24, 2.45) is 0 Å². The molecule has 1 rings (SSSR count). The first kappa shape index (κ1) is 15.2. The largest absolute Gasteiger partial charge is 0.497 e. The second-order valence-corrected chi connectivity index (χ2v) is 4.19. The van der Waals surface area contributed by atoms with E-state index in [0.717, 1.165) is 18.7 Å². The van der Waals surface area contributed by atoms with Crippen LogP contribution in [-0.2, 0) is 11.2 Å². The molecule has 0 atom stereocenters. The highest BCUT2D eigenvalue weighted by Gasteiger charge is 1.99. The maximum absolute atomic E-state index is 11.3. The number of nitrogens with one attached hydrogen (secondary N) is 2. The molecule has 0 heterocycles. The molecule has 0 fully saturated rings. The number of amides is 1. The summed E-state index contributed by atoms with van der Waals surface area (Å²) in [5.41, 5.74) is 1.22. The van der Waals surface area contributed by atoms with Gasteiger partial charge in [0.05, 0.1) is 7.11 Å². The lowest BCUT2D eigenvalue weighted by molar-refractivity contribution is -0.120. The Morgan fingerprint density at radius 3 is 3.00 bits per heavy atom. The molecule has 0 radical (unpaired) electrons. The van der Waals surface area contributed by atoms with Crippen LogP contribution in [0.2, 0.25) is 0 Å². The van der Waals surface area contributed by atoms with Gasteiger partial charge in [-0.05, 0) is 30.7 Å². The van der Waals surface area contributed by atoms with Crippen LogP contribution < -0.4 is 15.4 Å². The molecule has 4 nitrogen and oxygen atoms in total. The molecule has 4 heteroatoms. The highest BCUT2D eigenvalue weighted by atomic mass is 16.5. The second-order valence-electron chi connectivity index (χ2n) is 4.19. The van der Waals surface area contributed by atoms with Crippen LogP contribution in [0.25, 0.3) is 0 Å². The molecule has 0 aliphatic rings. The van der Waals surface area contributed by atoms with Crippen molar-refractivity contribution in [2.45, 2.75) is 12.8 Å². The molecule has 1 amide bonds. The van der Waals surface area contributed by atoms with Gasteiger partial charge in [0.1, 0.15) is 5.75 Å². The van der Waals surface area contributed by atoms with Gasteiger partial charge in [0.15, 0.2) is 0 Å². The van der Waals surface area contributed by atoms with Gasteiger partial charge < -0.3 is 15.4 Å². The summed E-state index contributed by atoms with van der Waals surface area (Å²) in [6.07, 6.45) is 3.09. The van der Waals surface area contributed by atoms with Crippen molar-refractivity contribution in [1.29, 1.82) is 0 Å². The van der Waals surface area contributed by atoms with Crippen LogP contribution in [0.4, 0.5) is 0 Å². The topological polar surface area (TPSA) is 50.4 Å². The highest BCUT2D eigenvalue weighted by Crippen LogP contribution is 2.12. The molecule has 0 aliphatic carbocycles. The second kappa shape index (κ2) is 9.16. The summed E-state index contributed by atoms with van der Waals surface area (Å²) >= 11 is 0. The number of ether oxygens (including phenoxy) is 1. The van der Waals surface area contributed by atoms with Gasteiger partial charge in [0, 0.05) is 19.5 Å². The van der Waals surface area contributed by atoms with E-state index in [0.29, 0.717) is 19.5 Å². The minimum Gasteiger partial charge on any atom is -0.497 e. The molecular weight excluding hydrogens is 240 g/mol. The lowest BCUT2D eigenvalue weighted by atomic mass is 10.1. The first-order valence-corrected chi connectivity index (χ1v) is 6.47. The summed E-state index contributed by atoms with van der Waals surface area (Å²) in [5, 5.41) is 5.99. The summed E-state index contributed by atoms with van der Waals surface area (Å²) < 4.78 is 5.17. The van der Waals surface area contributed by atoms with Crippen molar-refractivity contribution in [3.63, 3.8) is 0 Å². The average molecular weight is 262 g/mol. The Hall–Kier alpha value is -1.81. The van der Waals surface area contributed by atoms with Crippen molar-refractivity contribution in [1.82, 2.24) is 10.6 Å². The van der Waals surface area contributed by atoms with Crippen LogP contribution in [0.1, 0.15) is 12.0 Å². The third-order valence-electron chi connectivity index (χ3n) is 2.70. The molecular formula is C15H22N2O2. The SMILES string of the molecule is C=CCNC(=O)CCNCCc1cccc(OC)c1. The molecule has 19 heavy (non-hydrogen) atoms. The van der Waals surface area contributed by atoms with E-state index in [-0.39, 0.29) is 5.91 Å². The first-order valence-electron chi connectivity index (χ1n) is 6.47. The van der Waals surface area contributed by atoms with Crippen LogP contribution in [0.15, 0.2) is 36.9 Å². The van der Waals surface area contributed by atoms with E-state index >= 15 is 0 Å². The summed E-state index contributed by atoms with van der Waals surface area (Å²) in [4.78, 5) is 11.3. The molecule has 104 valence electrons. The van der Waals surface area contributed by atoms with Crippen molar-refractivity contribution in [2.75, 3.05) is 26.7 Å². The lowest BCUT2D eigenvalue weighted by Crippen LogP contribution is -2.28. The van der Waals surface area contributed by atoms with Gasteiger partial charge in [-0.25, -0.2) is 0 Å². The number of hydrogen-bond acceptors (Lipinski definition) is 3. The summed E-state index contributed by atoms with van der Waals surface area (Å²) in [6, 6.07) is 8.01. The molecule has 0 aliphatic heterocycles. The minimum absolute atomic E-state index is 0.0498. The molecule has 0 spiro atoms. The van der Waals surface area contributed by atoms with E-state index in [2.05, 4.69) is 23.3 Å². The van der Waals surface area contributed by atoms with Crippen molar-refractivity contribution >= 4 is 5.91 Å². The summed E-state index contributed by atoms with van der Waals surface area (Å²) in [7, 11) is 1.67. The first-order chi connectivity index (χ1) is 9.26. The highest BCUT2D eigenvalue weighted by molar-refractivity contribution is 5.76. The van der Waals surface area contributed by atoms with Gasteiger partial charge in [-0.1, -0.05) is 18.2 Å². The number of carbonyl (C=O) groups excluding carboxylic acids is 1. The van der Waals surface area contributed by atoms with Crippen LogP contribution in [0, 0.1) is 0 Å². The van der Waals surface area contributed by atoms with E-state index in [1.165, 1.54) is 5.56 Å². The number of methoxy groups -OCH3 is 1. The Bertz CT molecular complexity index is 405. The molecule has 0 bridgehead atoms. The van der Waals surface area contributed by atoms with Gasteiger partial charge in [0.2, 0.25) is 5.91 Å². The smallest absolute Gasteiger partial charge is 0.221 e. The maximum atomic E-state index is 11.3. The normalized spacial score (nSPS) is 9.95. The summed E-state index contributed by atoms with van der Waals surface area (Å²) in [6.45, 7) is 5.62. The molecule has 0 saturated carbocycles. The van der Waals surface area contributed by atoms with Gasteiger partial charge in [0.25, 0.3) is 0 Å². The Kier molecular flexibility index (Phi) is 7.35. The molecule has 0 aromatic heterocycles. The Morgan fingerprint density at radius 2 is 2.26 bits per heavy atom. The Morgan fingerprint density at radius 1 is 1.42 bits per heavy atom. The number of rotatable bonds is 9. The number of hydrogen-bond donors (Lipinski definition) is 2. The monoisotopic (exact) mass is 262 g/mol. The fraction of sp³-hybridized carbons (Fsp3) is 0.400. The maximum Gasteiger partial charge on any atom is 0.221 e. The zero-order chi connectivity index (χ0) is 13.9. The van der Waals surface area contributed by atoms with E-state index in [4.69, 9.17) is 4.74 Å². The van der Waals surface area contributed by atoms with Gasteiger partial charge in [-0.15, -0.1) is 6.58 Å². The standard InChI is InChI=1S/C15H22N2O2/c1-3-9-17-15(18)8-11-16-10-7-13-5-4-6-14(12-13)19-2/h3-6,12,16H,1,7-11H2,2H3,(H,17,18). The predicted molar refractivity (Wildman–Crippen MR) is 77.4 cm³/mol. The van der Waals surface area contributed by atoms with E-state index in [9.17, 15) is 4.79 Å². The lowest BCUT2D eigenvalue weighted by Gasteiger charge is -2.06. The average Bonchev–Trinajstić information content (AvgIpc) is 2.45. The zero-order valence-corrected chi connectivity index (χ0v) is 11.4. The van der Waals surface area contributed by atoms with Crippen LogP contribution in [-0.4, -0.2) is 32.7 Å². The van der Waals surface area contributed by atoms with E-state index < -0.39 is 0 Å². The Balaban J connectivity index is 2.13. The van der Waals surface area contributed by atoms with Crippen LogP contribution in [0.3, 0.4) is 0 Å². The van der Waals surface area contributed by atoms with Gasteiger partial charge >= 0.3 is 0 Å². The van der Waals surface area contributed by atoms with E-state index in [1.807, 2.05) is 18.2 Å². The molecule has 2 N–H and O–H groups in total. The minimum atomic E-state index is 0.0498. The van der Waals surface area contributed by atoms with Crippen LogP contribution >= 0.6 is 0 Å². The fourth-order valence-corrected chi connectivity index (χ4v) is 1.66. The van der Waals surface area contributed by atoms with Gasteiger partial charge in [-0.2, -0.15) is 0 Å². The quantitative estimate of drug-likeness (QED) is 0.524. The predicted octanol–water partition coefficient (Wildman–Crippen LogP) is 1.52. The third-order valence-corrected chi connectivity index (χ3v) is 2.70. The molecule has 1 aromatic rings. The van der Waals surface area contributed by atoms with Crippen molar-refractivity contribution < 1.29 is 9.53 Å². The Labute approximate surface area is 114 Å². The van der Waals surface area contributed by atoms with Crippen molar-refractivity contribution in [3.05, 3.63) is 42.5 Å². The molecule has 0 saturated heterocycles. The van der Waals surface area contributed by atoms with Crippen LogP contribution in [0.5, 0.6) is 5.75 Å². The number of carbonyl (C=O) groups is 1. The fourth-order valence-electron chi connectivity index (χ4n) is 1.66. The third kappa shape index (κ3) is 6.62. The number of benzene rings is 1. The molecule has 0 unspecified atom stereocenters. The van der Waals surface area contributed by atoms with Crippen molar-refractivity contribution in [3.8, 4) is 5.75 Å².